The molecule has 4 nitrogen and oxygen atoms in total. The Hall–Kier alpha value is -0.160. The molecular formula is C4H10N2O2-2. The van der Waals surface area contributed by atoms with E-state index in [1.54, 1.807) is 6.92 Å². The second-order valence-corrected chi connectivity index (χ2v) is 1.57. The Bertz CT molecular complexity index is 58.0. The number of hydrogen-bond donors (Lipinski definition) is 0. The maximum absolute atomic E-state index is 10.3. The molecular weight excluding hydrogens is 108 g/mol. The van der Waals surface area contributed by atoms with Gasteiger partial charge < -0.3 is 20.5 Å². The van der Waals surface area contributed by atoms with E-state index in [1.807, 2.05) is 0 Å². The van der Waals surface area contributed by atoms with Crippen molar-refractivity contribution in [3.05, 3.63) is 10.4 Å². The minimum Gasteiger partial charge on any atom is -0.784 e. The van der Waals surface area contributed by atoms with Gasteiger partial charge in [0.2, 0.25) is 0 Å². The first-order valence-electron chi connectivity index (χ1n) is 2.47. The number of hydroxylamine groups is 4. The molecule has 0 aromatic heterocycles. The van der Waals surface area contributed by atoms with Gasteiger partial charge in [-0.2, -0.15) is 0 Å². The summed E-state index contributed by atoms with van der Waals surface area (Å²) in [6, 6.07) is 0. The van der Waals surface area contributed by atoms with E-state index in [0.29, 0.717) is 16.7 Å². The fraction of sp³-hybridized carbons (Fsp3) is 1.00. The van der Waals surface area contributed by atoms with Gasteiger partial charge in [0.05, 0.1) is 0 Å². The highest BCUT2D eigenvalue weighted by Gasteiger charge is 1.81. The van der Waals surface area contributed by atoms with E-state index in [4.69, 9.17) is 0 Å². The number of rotatable bonds is 3. The standard InChI is InChI=1S/C4H10N2O2/c1-3-6(8)4-5(2)7/h3-4H2,1-2H3/q-2. The summed E-state index contributed by atoms with van der Waals surface area (Å²) in [4.78, 5) is 0. The summed E-state index contributed by atoms with van der Waals surface area (Å²) in [7, 11) is 1.32. The summed E-state index contributed by atoms with van der Waals surface area (Å²) in [6.45, 7) is 2.01. The summed E-state index contributed by atoms with van der Waals surface area (Å²) >= 11 is 0. The summed E-state index contributed by atoms with van der Waals surface area (Å²) in [5.74, 6) is 0. The van der Waals surface area contributed by atoms with Gasteiger partial charge >= 0.3 is 0 Å². The van der Waals surface area contributed by atoms with Crippen molar-refractivity contribution in [1.82, 2.24) is 10.1 Å². The van der Waals surface area contributed by atoms with Crippen LogP contribution in [0.2, 0.25) is 0 Å². The van der Waals surface area contributed by atoms with Gasteiger partial charge in [-0.1, -0.05) is 6.92 Å². The molecule has 0 rings (SSSR count). The molecule has 0 spiro atoms. The molecule has 0 atom stereocenters. The molecule has 0 aliphatic carbocycles. The third-order valence-electron chi connectivity index (χ3n) is 0.710. The zero-order valence-electron chi connectivity index (χ0n) is 5.13. The maximum Gasteiger partial charge on any atom is 0.0272 e. The van der Waals surface area contributed by atoms with Gasteiger partial charge in [0.1, 0.15) is 0 Å². The molecule has 50 valence electrons. The largest absolute Gasteiger partial charge is 0.784 e. The van der Waals surface area contributed by atoms with Crippen LogP contribution in [-0.2, 0) is 0 Å². The van der Waals surface area contributed by atoms with Gasteiger partial charge in [0.25, 0.3) is 0 Å². The number of hydrogen-bond acceptors (Lipinski definition) is 4. The Morgan fingerprint density at radius 2 is 1.88 bits per heavy atom. The molecule has 0 amide bonds. The Kier molecular flexibility index (Phi) is 3.72. The molecule has 0 saturated carbocycles. The molecule has 4 heteroatoms. The van der Waals surface area contributed by atoms with E-state index in [-0.39, 0.29) is 6.67 Å². The lowest BCUT2D eigenvalue weighted by molar-refractivity contribution is 0.266. The van der Waals surface area contributed by atoms with E-state index >= 15 is 0 Å². The van der Waals surface area contributed by atoms with Gasteiger partial charge in [-0.05, 0) is 13.6 Å². The van der Waals surface area contributed by atoms with Gasteiger partial charge in [-0.3, -0.25) is 0 Å². The summed E-state index contributed by atoms with van der Waals surface area (Å²) in [5, 5.41) is 21.7. The molecule has 0 saturated heterocycles. The molecule has 0 unspecified atom stereocenters. The fourth-order valence-corrected chi connectivity index (χ4v) is 0.322. The van der Waals surface area contributed by atoms with E-state index in [1.165, 1.54) is 7.05 Å². The van der Waals surface area contributed by atoms with Crippen LogP contribution in [0.5, 0.6) is 0 Å². The average molecular weight is 118 g/mol. The maximum atomic E-state index is 10.3. The molecule has 0 heterocycles. The van der Waals surface area contributed by atoms with Gasteiger partial charge in [0, 0.05) is 6.67 Å². The third-order valence-corrected chi connectivity index (χ3v) is 0.710. The first kappa shape index (κ1) is 7.84. The first-order chi connectivity index (χ1) is 3.66. The quantitative estimate of drug-likeness (QED) is 0.392. The second-order valence-electron chi connectivity index (χ2n) is 1.57. The molecule has 0 fully saturated rings. The van der Waals surface area contributed by atoms with Crippen LogP contribution in [0.1, 0.15) is 6.92 Å². The molecule has 0 radical (unpaired) electrons. The highest BCUT2D eigenvalue weighted by molar-refractivity contribution is 4.53. The van der Waals surface area contributed by atoms with Crippen molar-refractivity contribution in [2.24, 2.45) is 0 Å². The molecule has 0 aromatic rings. The average Bonchev–Trinajstić information content (AvgIpc) is 1.65. The van der Waals surface area contributed by atoms with Crippen molar-refractivity contribution in [3.63, 3.8) is 0 Å². The topological polar surface area (TPSA) is 52.6 Å². The van der Waals surface area contributed by atoms with Crippen molar-refractivity contribution in [2.45, 2.75) is 6.92 Å². The van der Waals surface area contributed by atoms with Crippen molar-refractivity contribution in [3.8, 4) is 0 Å². The van der Waals surface area contributed by atoms with Gasteiger partial charge in [0.15, 0.2) is 0 Å². The Morgan fingerprint density at radius 3 is 2.00 bits per heavy atom. The Morgan fingerprint density at radius 1 is 1.38 bits per heavy atom. The van der Waals surface area contributed by atoms with Crippen LogP contribution in [0, 0.1) is 10.4 Å². The Balaban J connectivity index is 3.10. The predicted molar refractivity (Wildman–Crippen MR) is 31.7 cm³/mol. The zero-order chi connectivity index (χ0) is 6.57. The second kappa shape index (κ2) is 3.80. The predicted octanol–water partition coefficient (Wildman–Crippen LogP) is 0.193. The van der Waals surface area contributed by atoms with Crippen molar-refractivity contribution >= 4 is 0 Å². The summed E-state index contributed by atoms with van der Waals surface area (Å²) < 4.78 is 0. The van der Waals surface area contributed by atoms with Crippen LogP contribution in [0.3, 0.4) is 0 Å². The van der Waals surface area contributed by atoms with E-state index in [0.717, 1.165) is 0 Å². The van der Waals surface area contributed by atoms with Crippen LogP contribution < -0.4 is 0 Å². The lowest BCUT2D eigenvalue weighted by atomic mass is 10.7. The highest BCUT2D eigenvalue weighted by Crippen LogP contribution is 1.83. The summed E-state index contributed by atoms with van der Waals surface area (Å²) in [5.41, 5.74) is 0. The summed E-state index contributed by atoms with van der Waals surface area (Å²) in [6.07, 6.45) is 0. The lowest BCUT2D eigenvalue weighted by Gasteiger charge is -2.34. The smallest absolute Gasteiger partial charge is 0.0272 e. The molecule has 0 N–H and O–H groups in total. The van der Waals surface area contributed by atoms with Crippen LogP contribution in [-0.4, -0.2) is 30.4 Å². The SMILES string of the molecule is CCN([O-])CN(C)[O-]. The van der Waals surface area contributed by atoms with Crippen LogP contribution in [0.25, 0.3) is 0 Å². The third kappa shape index (κ3) is 4.01. The van der Waals surface area contributed by atoms with Crippen molar-refractivity contribution in [1.29, 1.82) is 0 Å². The first-order valence-corrected chi connectivity index (χ1v) is 2.47. The van der Waals surface area contributed by atoms with Gasteiger partial charge in [-0.15, -0.1) is 0 Å². The minimum atomic E-state index is -0.0590. The molecule has 0 aliphatic rings. The minimum absolute atomic E-state index is 0.0590. The Labute approximate surface area is 48.9 Å². The molecule has 0 aliphatic heterocycles. The van der Waals surface area contributed by atoms with Crippen LogP contribution >= 0.6 is 0 Å². The normalized spacial score (nSPS) is 11.2. The fourth-order valence-electron chi connectivity index (χ4n) is 0.322. The number of nitrogens with zero attached hydrogens (tertiary/aromatic N) is 2. The highest BCUT2D eigenvalue weighted by atomic mass is 16.5. The van der Waals surface area contributed by atoms with E-state index in [9.17, 15) is 10.4 Å². The van der Waals surface area contributed by atoms with Crippen LogP contribution in [0.4, 0.5) is 0 Å². The lowest BCUT2D eigenvalue weighted by Crippen LogP contribution is -2.27. The zero-order valence-corrected chi connectivity index (χ0v) is 5.13. The van der Waals surface area contributed by atoms with E-state index in [2.05, 4.69) is 0 Å². The van der Waals surface area contributed by atoms with Crippen molar-refractivity contribution in [2.75, 3.05) is 20.3 Å². The van der Waals surface area contributed by atoms with Crippen molar-refractivity contribution < 1.29 is 0 Å². The molecule has 0 bridgehead atoms. The molecule has 8 heavy (non-hydrogen) atoms. The monoisotopic (exact) mass is 118 g/mol. The van der Waals surface area contributed by atoms with Crippen LogP contribution in [0.15, 0.2) is 0 Å². The van der Waals surface area contributed by atoms with E-state index < -0.39 is 0 Å². The molecule has 0 aromatic carbocycles. The van der Waals surface area contributed by atoms with Gasteiger partial charge in [-0.25, -0.2) is 0 Å².